The standard InChI is InChI=1S/C12H15NOS/c14-11(7-12-13-3-4-15-12)10-6-8-1-2-9(10)5-8/h3-4,8-10H,1-2,5-7H2. The molecule has 2 saturated carbocycles. The van der Waals surface area contributed by atoms with E-state index in [1.54, 1.807) is 17.5 Å². The second kappa shape index (κ2) is 3.71. The van der Waals surface area contributed by atoms with Gasteiger partial charge in [0.15, 0.2) is 0 Å². The zero-order valence-corrected chi connectivity index (χ0v) is 9.50. The molecule has 3 unspecified atom stereocenters. The van der Waals surface area contributed by atoms with Crippen molar-refractivity contribution in [3.8, 4) is 0 Å². The van der Waals surface area contributed by atoms with Crippen LogP contribution in [0.15, 0.2) is 11.6 Å². The van der Waals surface area contributed by atoms with E-state index < -0.39 is 0 Å². The third-order valence-electron chi connectivity index (χ3n) is 3.96. The summed E-state index contributed by atoms with van der Waals surface area (Å²) in [5, 5.41) is 2.94. The van der Waals surface area contributed by atoms with Crippen molar-refractivity contribution in [3.05, 3.63) is 16.6 Å². The van der Waals surface area contributed by atoms with Crippen molar-refractivity contribution in [2.75, 3.05) is 0 Å². The summed E-state index contributed by atoms with van der Waals surface area (Å²) >= 11 is 1.60. The van der Waals surface area contributed by atoms with E-state index in [9.17, 15) is 4.79 Å². The fourth-order valence-electron chi connectivity index (χ4n) is 3.26. The summed E-state index contributed by atoms with van der Waals surface area (Å²) < 4.78 is 0. The molecule has 80 valence electrons. The molecule has 3 heteroatoms. The zero-order chi connectivity index (χ0) is 10.3. The Morgan fingerprint density at radius 2 is 2.40 bits per heavy atom. The van der Waals surface area contributed by atoms with Gasteiger partial charge in [-0.1, -0.05) is 6.42 Å². The topological polar surface area (TPSA) is 30.0 Å². The van der Waals surface area contributed by atoms with Gasteiger partial charge in [0.1, 0.15) is 5.78 Å². The van der Waals surface area contributed by atoms with Gasteiger partial charge in [0, 0.05) is 17.5 Å². The molecular formula is C12H15NOS. The monoisotopic (exact) mass is 221 g/mol. The Morgan fingerprint density at radius 3 is 3.00 bits per heavy atom. The lowest BCUT2D eigenvalue weighted by Crippen LogP contribution is -2.22. The van der Waals surface area contributed by atoms with Crippen LogP contribution >= 0.6 is 11.3 Å². The fourth-order valence-corrected chi connectivity index (χ4v) is 3.89. The van der Waals surface area contributed by atoms with E-state index in [4.69, 9.17) is 0 Å². The third kappa shape index (κ3) is 1.73. The van der Waals surface area contributed by atoms with E-state index in [1.807, 2.05) is 5.38 Å². The number of nitrogens with zero attached hydrogens (tertiary/aromatic N) is 1. The molecular weight excluding hydrogens is 206 g/mol. The molecule has 0 aliphatic heterocycles. The molecule has 3 atom stereocenters. The summed E-state index contributed by atoms with van der Waals surface area (Å²) in [7, 11) is 0. The lowest BCUT2D eigenvalue weighted by Gasteiger charge is -2.19. The van der Waals surface area contributed by atoms with Crippen LogP contribution in [0, 0.1) is 17.8 Å². The van der Waals surface area contributed by atoms with Crippen molar-refractivity contribution < 1.29 is 4.79 Å². The van der Waals surface area contributed by atoms with Crippen LogP contribution in [0.4, 0.5) is 0 Å². The molecule has 0 spiro atoms. The molecule has 2 nitrogen and oxygen atoms in total. The Labute approximate surface area is 93.7 Å². The maximum atomic E-state index is 12.1. The highest BCUT2D eigenvalue weighted by Crippen LogP contribution is 2.48. The van der Waals surface area contributed by atoms with Gasteiger partial charge < -0.3 is 0 Å². The molecule has 0 amide bonds. The molecule has 2 aliphatic rings. The molecule has 2 bridgehead atoms. The van der Waals surface area contributed by atoms with Gasteiger partial charge in [0.05, 0.1) is 11.4 Å². The Bertz CT molecular complexity index is 360. The summed E-state index contributed by atoms with van der Waals surface area (Å²) in [4.78, 5) is 16.3. The maximum Gasteiger partial charge on any atom is 0.143 e. The average molecular weight is 221 g/mol. The van der Waals surface area contributed by atoms with Crippen molar-refractivity contribution >= 4 is 17.1 Å². The number of aromatic nitrogens is 1. The number of ketones is 1. The summed E-state index contributed by atoms with van der Waals surface area (Å²) in [6.45, 7) is 0. The predicted octanol–water partition coefficient (Wildman–Crippen LogP) is 2.69. The van der Waals surface area contributed by atoms with E-state index in [0.29, 0.717) is 24.0 Å². The minimum atomic E-state index is 0.368. The predicted molar refractivity (Wildman–Crippen MR) is 59.8 cm³/mol. The van der Waals surface area contributed by atoms with Crippen molar-refractivity contribution in [1.82, 2.24) is 4.98 Å². The van der Waals surface area contributed by atoms with Crippen molar-refractivity contribution in [1.29, 1.82) is 0 Å². The van der Waals surface area contributed by atoms with Crippen LogP contribution in [-0.4, -0.2) is 10.8 Å². The number of hydrogen-bond acceptors (Lipinski definition) is 3. The van der Waals surface area contributed by atoms with Gasteiger partial charge in [0.25, 0.3) is 0 Å². The highest BCUT2D eigenvalue weighted by atomic mass is 32.1. The van der Waals surface area contributed by atoms with E-state index in [0.717, 1.165) is 17.3 Å². The highest BCUT2D eigenvalue weighted by molar-refractivity contribution is 7.09. The van der Waals surface area contributed by atoms with Crippen LogP contribution in [0.2, 0.25) is 0 Å². The van der Waals surface area contributed by atoms with Gasteiger partial charge >= 0.3 is 0 Å². The number of carbonyl (C=O) groups is 1. The van der Waals surface area contributed by atoms with Crippen LogP contribution in [-0.2, 0) is 11.2 Å². The Kier molecular flexibility index (Phi) is 2.35. The molecule has 1 aromatic rings. The number of rotatable bonds is 3. The van der Waals surface area contributed by atoms with Gasteiger partial charge in [-0.2, -0.15) is 0 Å². The van der Waals surface area contributed by atoms with Crippen molar-refractivity contribution in [2.24, 2.45) is 17.8 Å². The smallest absolute Gasteiger partial charge is 0.143 e. The van der Waals surface area contributed by atoms with Gasteiger partial charge in [-0.05, 0) is 31.1 Å². The van der Waals surface area contributed by atoms with Gasteiger partial charge in [0.2, 0.25) is 0 Å². The van der Waals surface area contributed by atoms with Gasteiger partial charge in [-0.15, -0.1) is 11.3 Å². The van der Waals surface area contributed by atoms with Crippen LogP contribution in [0.1, 0.15) is 30.7 Å². The maximum absolute atomic E-state index is 12.1. The Hall–Kier alpha value is -0.700. The quantitative estimate of drug-likeness (QED) is 0.785. The minimum Gasteiger partial charge on any atom is -0.299 e. The molecule has 2 fully saturated rings. The lowest BCUT2D eigenvalue weighted by molar-refractivity contribution is -0.123. The number of fused-ring (bicyclic) bond motifs is 2. The minimum absolute atomic E-state index is 0.368. The first-order valence-electron chi connectivity index (χ1n) is 5.74. The Morgan fingerprint density at radius 1 is 1.47 bits per heavy atom. The lowest BCUT2D eigenvalue weighted by atomic mass is 9.85. The summed E-state index contributed by atoms with van der Waals surface area (Å²) in [5.74, 6) is 2.38. The first kappa shape index (κ1) is 9.52. The second-order valence-corrected chi connectivity index (χ2v) is 5.83. The molecule has 1 heterocycles. The fraction of sp³-hybridized carbons (Fsp3) is 0.667. The van der Waals surface area contributed by atoms with Gasteiger partial charge in [-0.25, -0.2) is 4.98 Å². The third-order valence-corrected chi connectivity index (χ3v) is 4.74. The molecule has 0 saturated heterocycles. The van der Waals surface area contributed by atoms with E-state index in [1.165, 1.54) is 19.3 Å². The number of thiazole rings is 1. The molecule has 0 radical (unpaired) electrons. The SMILES string of the molecule is O=C(Cc1nccs1)C1CC2CCC1C2. The van der Waals surface area contributed by atoms with Crippen LogP contribution in [0.3, 0.4) is 0 Å². The van der Waals surface area contributed by atoms with Crippen LogP contribution in [0.25, 0.3) is 0 Å². The Balaban J connectivity index is 1.66. The van der Waals surface area contributed by atoms with E-state index in [2.05, 4.69) is 4.98 Å². The van der Waals surface area contributed by atoms with Crippen molar-refractivity contribution in [2.45, 2.75) is 32.1 Å². The van der Waals surface area contributed by atoms with Gasteiger partial charge in [-0.3, -0.25) is 4.79 Å². The van der Waals surface area contributed by atoms with E-state index in [-0.39, 0.29) is 0 Å². The van der Waals surface area contributed by atoms with Crippen LogP contribution in [0.5, 0.6) is 0 Å². The molecule has 0 N–H and O–H groups in total. The largest absolute Gasteiger partial charge is 0.299 e. The summed E-state index contributed by atoms with van der Waals surface area (Å²) in [5.41, 5.74) is 0. The highest BCUT2D eigenvalue weighted by Gasteiger charge is 2.42. The normalized spacial score (nSPS) is 33.5. The number of hydrogen-bond donors (Lipinski definition) is 0. The average Bonchev–Trinajstić information content (AvgIpc) is 2.93. The molecule has 0 aromatic carbocycles. The molecule has 3 rings (SSSR count). The zero-order valence-electron chi connectivity index (χ0n) is 8.69. The van der Waals surface area contributed by atoms with Crippen LogP contribution < -0.4 is 0 Å². The first-order valence-corrected chi connectivity index (χ1v) is 6.62. The number of Topliss-reactive ketones (excluding diaryl/α,β-unsaturated/α-hetero) is 1. The number of carbonyl (C=O) groups excluding carboxylic acids is 1. The summed E-state index contributed by atoms with van der Waals surface area (Å²) in [6.07, 6.45) is 7.49. The molecule has 15 heavy (non-hydrogen) atoms. The molecule has 1 aromatic heterocycles. The first-order chi connectivity index (χ1) is 7.33. The van der Waals surface area contributed by atoms with Crippen molar-refractivity contribution in [3.63, 3.8) is 0 Å². The summed E-state index contributed by atoms with van der Waals surface area (Å²) in [6, 6.07) is 0. The second-order valence-electron chi connectivity index (χ2n) is 4.85. The van der Waals surface area contributed by atoms with E-state index >= 15 is 0 Å². The molecule has 2 aliphatic carbocycles.